The molecule has 0 aliphatic rings. The van der Waals surface area contributed by atoms with E-state index in [0.717, 1.165) is 6.07 Å². The number of benzene rings is 1. The third-order valence-electron chi connectivity index (χ3n) is 1.87. The molecule has 0 bridgehead atoms. The van der Waals surface area contributed by atoms with Gasteiger partial charge in [-0.15, -0.1) is 0 Å². The SMILES string of the molecule is CC(Br)C(=O)Nc1cc(C(N)=O)ccc1F. The molecular weight excluding hydrogens is 279 g/mol. The van der Waals surface area contributed by atoms with Crippen LogP contribution < -0.4 is 11.1 Å². The van der Waals surface area contributed by atoms with Crippen LogP contribution >= 0.6 is 15.9 Å². The van der Waals surface area contributed by atoms with Crippen LogP contribution in [0.5, 0.6) is 0 Å². The normalized spacial score (nSPS) is 11.9. The number of rotatable bonds is 3. The summed E-state index contributed by atoms with van der Waals surface area (Å²) in [4.78, 5) is 21.7. The van der Waals surface area contributed by atoms with Gasteiger partial charge in [0.1, 0.15) is 5.82 Å². The van der Waals surface area contributed by atoms with Crippen molar-refractivity contribution < 1.29 is 14.0 Å². The lowest BCUT2D eigenvalue weighted by Crippen LogP contribution is -2.21. The summed E-state index contributed by atoms with van der Waals surface area (Å²) >= 11 is 3.04. The molecule has 2 amide bonds. The smallest absolute Gasteiger partial charge is 0.248 e. The van der Waals surface area contributed by atoms with Gasteiger partial charge in [-0.25, -0.2) is 4.39 Å². The number of hydrogen-bond acceptors (Lipinski definition) is 2. The van der Waals surface area contributed by atoms with Gasteiger partial charge in [-0.2, -0.15) is 0 Å². The molecule has 0 saturated carbocycles. The Kier molecular flexibility index (Phi) is 4.00. The molecule has 86 valence electrons. The summed E-state index contributed by atoms with van der Waals surface area (Å²) in [6.07, 6.45) is 0. The van der Waals surface area contributed by atoms with E-state index in [-0.39, 0.29) is 11.3 Å². The van der Waals surface area contributed by atoms with Crippen LogP contribution in [0.25, 0.3) is 0 Å². The Morgan fingerprint density at radius 1 is 1.50 bits per heavy atom. The lowest BCUT2D eigenvalue weighted by atomic mass is 10.2. The first-order valence-electron chi connectivity index (χ1n) is 4.46. The molecule has 0 aliphatic heterocycles. The zero-order chi connectivity index (χ0) is 12.3. The molecule has 4 nitrogen and oxygen atoms in total. The summed E-state index contributed by atoms with van der Waals surface area (Å²) in [6.45, 7) is 1.60. The fraction of sp³-hybridized carbons (Fsp3) is 0.200. The van der Waals surface area contributed by atoms with Gasteiger partial charge >= 0.3 is 0 Å². The molecule has 1 rings (SSSR count). The van der Waals surface area contributed by atoms with Crippen molar-refractivity contribution in [1.29, 1.82) is 0 Å². The number of halogens is 2. The standard InChI is InChI=1S/C10H10BrFN2O2/c1-5(11)10(16)14-8-4-6(9(13)15)2-3-7(8)12/h2-5H,1H3,(H2,13,15)(H,14,16). The van der Waals surface area contributed by atoms with E-state index in [0.29, 0.717) is 0 Å². The van der Waals surface area contributed by atoms with E-state index in [1.54, 1.807) is 6.92 Å². The minimum atomic E-state index is -0.678. The first kappa shape index (κ1) is 12.6. The van der Waals surface area contributed by atoms with Crippen LogP contribution in [0, 0.1) is 5.82 Å². The lowest BCUT2D eigenvalue weighted by molar-refractivity contribution is -0.115. The molecular formula is C10H10BrFN2O2. The third kappa shape index (κ3) is 3.03. The maximum atomic E-state index is 13.3. The molecule has 0 aliphatic carbocycles. The Morgan fingerprint density at radius 2 is 2.12 bits per heavy atom. The molecule has 16 heavy (non-hydrogen) atoms. The highest BCUT2D eigenvalue weighted by Crippen LogP contribution is 2.17. The van der Waals surface area contributed by atoms with E-state index in [1.165, 1.54) is 12.1 Å². The Bertz CT molecular complexity index is 435. The van der Waals surface area contributed by atoms with Gasteiger partial charge < -0.3 is 11.1 Å². The van der Waals surface area contributed by atoms with Crippen molar-refractivity contribution >= 4 is 33.4 Å². The maximum absolute atomic E-state index is 13.3. The fourth-order valence-electron chi connectivity index (χ4n) is 1.01. The second kappa shape index (κ2) is 5.07. The van der Waals surface area contributed by atoms with Gasteiger partial charge in [-0.05, 0) is 25.1 Å². The van der Waals surface area contributed by atoms with Crippen LogP contribution in [0.2, 0.25) is 0 Å². The van der Waals surface area contributed by atoms with E-state index < -0.39 is 22.5 Å². The fourth-order valence-corrected chi connectivity index (χ4v) is 1.12. The number of nitrogens with one attached hydrogen (secondary N) is 1. The first-order chi connectivity index (χ1) is 7.41. The maximum Gasteiger partial charge on any atom is 0.248 e. The van der Waals surface area contributed by atoms with Crippen molar-refractivity contribution in [3.05, 3.63) is 29.6 Å². The number of nitrogens with two attached hydrogens (primary N) is 1. The van der Waals surface area contributed by atoms with Crippen LogP contribution in [0.4, 0.5) is 10.1 Å². The molecule has 1 atom stereocenters. The Balaban J connectivity index is 2.99. The molecule has 1 unspecified atom stereocenters. The predicted molar refractivity (Wildman–Crippen MR) is 61.9 cm³/mol. The second-order valence-electron chi connectivity index (χ2n) is 3.16. The quantitative estimate of drug-likeness (QED) is 0.830. The van der Waals surface area contributed by atoms with Gasteiger partial charge in [-0.3, -0.25) is 9.59 Å². The molecule has 0 aromatic heterocycles. The van der Waals surface area contributed by atoms with E-state index >= 15 is 0 Å². The number of primary amides is 1. The van der Waals surface area contributed by atoms with Gasteiger partial charge in [0.2, 0.25) is 11.8 Å². The molecule has 1 aromatic carbocycles. The number of amides is 2. The van der Waals surface area contributed by atoms with Crippen LogP contribution in [0.1, 0.15) is 17.3 Å². The van der Waals surface area contributed by atoms with Crippen LogP contribution in [0.3, 0.4) is 0 Å². The lowest BCUT2D eigenvalue weighted by Gasteiger charge is -2.08. The number of anilines is 1. The van der Waals surface area contributed by atoms with Gasteiger partial charge in [0, 0.05) is 5.56 Å². The van der Waals surface area contributed by atoms with E-state index in [2.05, 4.69) is 21.2 Å². The van der Waals surface area contributed by atoms with Crippen molar-refractivity contribution in [3.63, 3.8) is 0 Å². The monoisotopic (exact) mass is 288 g/mol. The zero-order valence-corrected chi connectivity index (χ0v) is 10.0. The van der Waals surface area contributed by atoms with E-state index in [1.807, 2.05) is 0 Å². The molecule has 0 fully saturated rings. The number of carbonyl (C=O) groups excluding carboxylic acids is 2. The largest absolute Gasteiger partial charge is 0.366 e. The predicted octanol–water partition coefficient (Wildman–Crippen LogP) is 1.65. The minimum Gasteiger partial charge on any atom is -0.366 e. The van der Waals surface area contributed by atoms with Crippen molar-refractivity contribution in [1.82, 2.24) is 0 Å². The van der Waals surface area contributed by atoms with Crippen molar-refractivity contribution in [2.24, 2.45) is 5.73 Å². The third-order valence-corrected chi connectivity index (χ3v) is 2.29. The highest BCUT2D eigenvalue weighted by molar-refractivity contribution is 9.10. The van der Waals surface area contributed by atoms with Crippen molar-refractivity contribution in [3.8, 4) is 0 Å². The average Bonchev–Trinajstić information content (AvgIpc) is 2.20. The molecule has 0 heterocycles. The summed E-state index contributed by atoms with van der Waals surface area (Å²) in [5.41, 5.74) is 5.12. The topological polar surface area (TPSA) is 72.2 Å². The van der Waals surface area contributed by atoms with E-state index in [9.17, 15) is 14.0 Å². The van der Waals surface area contributed by atoms with E-state index in [4.69, 9.17) is 5.73 Å². The average molecular weight is 289 g/mol. The van der Waals surface area contributed by atoms with Gasteiger partial charge in [0.15, 0.2) is 0 Å². The zero-order valence-electron chi connectivity index (χ0n) is 8.46. The summed E-state index contributed by atoms with van der Waals surface area (Å²) in [6, 6.07) is 3.53. The molecule has 3 N–H and O–H groups in total. The first-order valence-corrected chi connectivity index (χ1v) is 5.37. The number of carbonyl (C=O) groups is 2. The van der Waals surface area contributed by atoms with Crippen LogP contribution in [-0.2, 0) is 4.79 Å². The molecule has 0 radical (unpaired) electrons. The Morgan fingerprint density at radius 3 is 2.62 bits per heavy atom. The van der Waals surface area contributed by atoms with Gasteiger partial charge in [-0.1, -0.05) is 15.9 Å². The number of alkyl halides is 1. The molecule has 6 heteroatoms. The Labute approximate surface area is 100 Å². The summed E-state index contributed by atoms with van der Waals surface area (Å²) in [7, 11) is 0. The minimum absolute atomic E-state index is 0.0624. The Hall–Kier alpha value is -1.43. The highest BCUT2D eigenvalue weighted by atomic mass is 79.9. The van der Waals surface area contributed by atoms with Crippen molar-refractivity contribution in [2.45, 2.75) is 11.8 Å². The molecule has 1 aromatic rings. The van der Waals surface area contributed by atoms with Crippen LogP contribution in [-0.4, -0.2) is 16.6 Å². The molecule has 0 spiro atoms. The summed E-state index contributed by atoms with van der Waals surface area (Å²) in [5, 5.41) is 2.34. The summed E-state index contributed by atoms with van der Waals surface area (Å²) < 4.78 is 13.3. The molecule has 0 saturated heterocycles. The van der Waals surface area contributed by atoms with Gasteiger partial charge in [0.05, 0.1) is 10.5 Å². The van der Waals surface area contributed by atoms with Gasteiger partial charge in [0.25, 0.3) is 0 Å². The number of hydrogen-bond donors (Lipinski definition) is 2. The van der Waals surface area contributed by atoms with Crippen molar-refractivity contribution in [2.75, 3.05) is 5.32 Å². The summed E-state index contributed by atoms with van der Waals surface area (Å²) in [5.74, 6) is -1.70. The van der Waals surface area contributed by atoms with Crippen LogP contribution in [0.15, 0.2) is 18.2 Å². The second-order valence-corrected chi connectivity index (χ2v) is 4.54. The highest BCUT2D eigenvalue weighted by Gasteiger charge is 2.13.